The number of thiophene rings is 1. The Kier molecular flexibility index (Phi) is 14.5. The summed E-state index contributed by atoms with van der Waals surface area (Å²) in [6, 6.07) is 117. The average molecular weight is 1280 g/mol. The van der Waals surface area contributed by atoms with Gasteiger partial charge in [0.1, 0.15) is 0 Å². The minimum Gasteiger partial charge on any atom is -0.392 e. The molecule has 464 valence electrons. The van der Waals surface area contributed by atoms with Gasteiger partial charge in [-0.05, 0) is 186 Å². The highest BCUT2D eigenvalue weighted by Gasteiger charge is 2.25. The van der Waals surface area contributed by atoms with Crippen LogP contribution >= 0.6 is 11.3 Å². The molecular weight excluding hydrogens is 1220 g/mol. The first kappa shape index (κ1) is 58.0. The van der Waals surface area contributed by atoms with E-state index in [4.69, 9.17) is 0 Å². The monoisotopic (exact) mass is 1280 g/mol. The molecule has 0 aliphatic rings. The second-order valence-corrected chi connectivity index (χ2v) is 25.7. The SMILES string of the molecule is OCc1ccc(N(c2ccc3sc4ccccc4c3c2)c2cccc3c2c2ccccc2n3-c2ccc(-c3cccnc3)cc2)cc1.c1ccc(N(c2ccc(-n3c4ccccc4c4ccccc43)cc2)c2cccc3c2c2ccccc2n3-c2ccc(-c3cccnc3)cc2)cc1. The first-order valence-electron chi connectivity index (χ1n) is 33.0. The second-order valence-electron chi connectivity index (χ2n) is 24.6. The van der Waals surface area contributed by atoms with Crippen LogP contribution in [0.2, 0.25) is 0 Å². The third-order valence-electron chi connectivity index (χ3n) is 19.0. The molecule has 0 aliphatic carbocycles. The molecule has 0 spiro atoms. The summed E-state index contributed by atoms with van der Waals surface area (Å²) in [7, 11) is 0. The molecule has 13 aromatic carbocycles. The predicted molar refractivity (Wildman–Crippen MR) is 411 cm³/mol. The van der Waals surface area contributed by atoms with E-state index in [2.05, 4.69) is 337 Å². The molecule has 0 fully saturated rings. The zero-order chi connectivity index (χ0) is 65.0. The van der Waals surface area contributed by atoms with E-state index in [9.17, 15) is 5.11 Å². The fourth-order valence-electron chi connectivity index (χ4n) is 14.6. The van der Waals surface area contributed by atoms with Crippen molar-refractivity contribution in [2.24, 2.45) is 0 Å². The smallest absolute Gasteiger partial charge is 0.0681 e. The van der Waals surface area contributed by atoms with Gasteiger partial charge < -0.3 is 28.6 Å². The van der Waals surface area contributed by atoms with Gasteiger partial charge in [-0.3, -0.25) is 9.97 Å². The molecule has 0 atom stereocenters. The van der Waals surface area contributed by atoms with Crippen LogP contribution in [0.3, 0.4) is 0 Å². The third-order valence-corrected chi connectivity index (χ3v) is 20.2. The standard InChI is InChI=1S/C47H32N4.C42H29N3OS/c1-2-13-35(14-3-1)49(36-27-29-38(30-28-36)50-42-18-7-4-15-39(42)40-16-5-8-19-43(40)50)45-21-10-22-46-47(45)41-17-6-9-20-44(41)51(46)37-25-23-33(24-26-37)34-12-11-31-48-32-34;46-27-28-14-18-31(19-15-28)44(33-22-23-41-36(25-33)34-8-2-4-13-40(34)47-41)38-11-5-12-39-42(38)35-9-1-3-10-37(35)45(39)32-20-16-29(17-21-32)30-7-6-24-43-26-30/h1-32H;1-26,46H,27H2. The molecule has 0 aliphatic heterocycles. The molecule has 0 unspecified atom stereocenters. The maximum absolute atomic E-state index is 9.83. The normalized spacial score (nSPS) is 11.6. The number of fused-ring (bicyclic) bond motifs is 12. The maximum Gasteiger partial charge on any atom is 0.0681 e. The number of hydrogen-bond acceptors (Lipinski definition) is 6. The molecule has 19 aromatic rings. The van der Waals surface area contributed by atoms with Crippen LogP contribution in [-0.2, 0) is 6.61 Å². The van der Waals surface area contributed by atoms with Gasteiger partial charge in [0.15, 0.2) is 0 Å². The van der Waals surface area contributed by atoms with Crippen molar-refractivity contribution in [2.45, 2.75) is 6.61 Å². The highest BCUT2D eigenvalue weighted by atomic mass is 32.1. The van der Waals surface area contributed by atoms with Crippen molar-refractivity contribution in [1.82, 2.24) is 23.7 Å². The number of aromatic nitrogens is 5. The number of nitrogens with zero attached hydrogens (tertiary/aromatic N) is 7. The Morgan fingerprint density at radius 3 is 1.17 bits per heavy atom. The van der Waals surface area contributed by atoms with Crippen LogP contribution in [0.15, 0.2) is 352 Å². The fourth-order valence-corrected chi connectivity index (χ4v) is 15.7. The molecule has 0 bridgehead atoms. The maximum atomic E-state index is 9.83. The van der Waals surface area contributed by atoms with E-state index in [0.717, 1.165) is 95.6 Å². The van der Waals surface area contributed by atoms with E-state index in [0.29, 0.717) is 0 Å². The lowest BCUT2D eigenvalue weighted by atomic mass is 10.1. The number of rotatable bonds is 12. The molecular formula is C89H61N7OS. The van der Waals surface area contributed by atoms with Gasteiger partial charge in [0, 0.05) is 117 Å². The Labute approximate surface area is 569 Å². The Bertz CT molecular complexity index is 6090. The molecule has 98 heavy (non-hydrogen) atoms. The lowest BCUT2D eigenvalue weighted by Crippen LogP contribution is -2.10. The first-order chi connectivity index (χ1) is 48.6. The highest BCUT2D eigenvalue weighted by molar-refractivity contribution is 7.25. The van der Waals surface area contributed by atoms with Gasteiger partial charge in [-0.2, -0.15) is 0 Å². The van der Waals surface area contributed by atoms with E-state index >= 15 is 0 Å². The summed E-state index contributed by atoms with van der Waals surface area (Å²) in [6.07, 6.45) is 7.43. The van der Waals surface area contributed by atoms with Crippen LogP contribution in [0, 0.1) is 0 Å². The molecule has 0 radical (unpaired) electrons. The van der Waals surface area contributed by atoms with E-state index < -0.39 is 0 Å². The van der Waals surface area contributed by atoms with Crippen LogP contribution in [0.25, 0.3) is 125 Å². The van der Waals surface area contributed by atoms with Crippen LogP contribution in [-0.4, -0.2) is 28.8 Å². The topological polar surface area (TPSA) is 67.3 Å². The summed E-state index contributed by atoms with van der Waals surface area (Å²) < 4.78 is 9.68. The number of para-hydroxylation sites is 5. The average Bonchev–Trinajstić information content (AvgIpc) is 1.57. The molecule has 9 heteroatoms. The Hall–Kier alpha value is -12.7. The Morgan fingerprint density at radius 2 is 0.673 bits per heavy atom. The van der Waals surface area contributed by atoms with Gasteiger partial charge in [0.2, 0.25) is 0 Å². The van der Waals surface area contributed by atoms with E-state index in [1.54, 1.807) is 6.20 Å². The van der Waals surface area contributed by atoms with Crippen LogP contribution < -0.4 is 9.80 Å². The van der Waals surface area contributed by atoms with Crippen LogP contribution in [0.1, 0.15) is 5.56 Å². The molecule has 19 rings (SSSR count). The summed E-state index contributed by atoms with van der Waals surface area (Å²) in [6.45, 7) is 0.00970. The number of pyridine rings is 2. The molecule has 8 nitrogen and oxygen atoms in total. The quantitative estimate of drug-likeness (QED) is 0.132. The third kappa shape index (κ3) is 10.0. The molecule has 0 amide bonds. The summed E-state index contributed by atoms with van der Waals surface area (Å²) in [5.41, 5.74) is 22.3. The number of hydrogen-bond donors (Lipinski definition) is 1. The largest absolute Gasteiger partial charge is 0.392 e. The molecule has 0 saturated carbocycles. The zero-order valence-corrected chi connectivity index (χ0v) is 54.0. The lowest BCUT2D eigenvalue weighted by molar-refractivity contribution is 0.282. The minimum absolute atomic E-state index is 0.00970. The summed E-state index contributed by atoms with van der Waals surface area (Å²) >= 11 is 1.83. The summed E-state index contributed by atoms with van der Waals surface area (Å²) in [5.74, 6) is 0. The minimum atomic E-state index is 0.00970. The summed E-state index contributed by atoms with van der Waals surface area (Å²) in [4.78, 5) is 13.4. The second kappa shape index (κ2) is 24.6. The number of benzene rings is 13. The van der Waals surface area contributed by atoms with E-state index in [1.807, 2.05) is 54.2 Å². The predicted octanol–water partition coefficient (Wildman–Crippen LogP) is 23.6. The van der Waals surface area contributed by atoms with Crippen LogP contribution in [0.5, 0.6) is 0 Å². The van der Waals surface area contributed by atoms with Crippen molar-refractivity contribution in [2.75, 3.05) is 9.80 Å². The van der Waals surface area contributed by atoms with Crippen molar-refractivity contribution < 1.29 is 5.11 Å². The van der Waals surface area contributed by atoms with Crippen molar-refractivity contribution in [3.8, 4) is 39.3 Å². The van der Waals surface area contributed by atoms with Crippen molar-refractivity contribution >= 4 is 131 Å². The molecule has 0 saturated heterocycles. The van der Waals surface area contributed by atoms with Gasteiger partial charge in [0.25, 0.3) is 0 Å². The molecule has 1 N–H and O–H groups in total. The number of aliphatic hydroxyl groups is 1. The number of anilines is 6. The molecule has 6 aromatic heterocycles. The van der Waals surface area contributed by atoms with Gasteiger partial charge in [-0.15, -0.1) is 11.3 Å². The van der Waals surface area contributed by atoms with E-state index in [1.165, 1.54) is 69.0 Å². The van der Waals surface area contributed by atoms with Crippen molar-refractivity contribution in [3.05, 3.63) is 358 Å². The first-order valence-corrected chi connectivity index (χ1v) is 33.8. The zero-order valence-electron chi connectivity index (χ0n) is 53.2. The van der Waals surface area contributed by atoms with Gasteiger partial charge in [0.05, 0.1) is 51.1 Å². The Morgan fingerprint density at radius 1 is 0.286 bits per heavy atom. The molecule has 6 heterocycles. The Balaban J connectivity index is 0.000000143. The highest BCUT2D eigenvalue weighted by Crippen LogP contribution is 2.48. The van der Waals surface area contributed by atoms with Crippen molar-refractivity contribution in [1.29, 1.82) is 0 Å². The lowest BCUT2D eigenvalue weighted by Gasteiger charge is -2.27. The van der Waals surface area contributed by atoms with Crippen molar-refractivity contribution in [3.63, 3.8) is 0 Å². The van der Waals surface area contributed by atoms with Crippen LogP contribution in [0.4, 0.5) is 34.1 Å². The number of aliphatic hydroxyl groups excluding tert-OH is 1. The fraction of sp³-hybridized carbons (Fsp3) is 0.0112. The van der Waals surface area contributed by atoms with Gasteiger partial charge in [-0.1, -0.05) is 170 Å². The van der Waals surface area contributed by atoms with Gasteiger partial charge in [-0.25, -0.2) is 0 Å². The van der Waals surface area contributed by atoms with E-state index in [-0.39, 0.29) is 6.61 Å². The summed E-state index contributed by atoms with van der Waals surface area (Å²) in [5, 5.41) is 19.7. The van der Waals surface area contributed by atoms with Gasteiger partial charge >= 0.3 is 0 Å².